The summed E-state index contributed by atoms with van der Waals surface area (Å²) in [6.45, 7) is 17.1. The fraction of sp³-hybridized carbons (Fsp3) is 0.846. The van der Waals surface area contributed by atoms with Crippen LogP contribution in [0.5, 0.6) is 0 Å². The molecule has 7 atom stereocenters. The van der Waals surface area contributed by atoms with Crippen LogP contribution in [0.1, 0.15) is 81.1 Å². The summed E-state index contributed by atoms with van der Waals surface area (Å²) in [5, 5.41) is 0. The van der Waals surface area contributed by atoms with Crippen molar-refractivity contribution in [3.05, 3.63) is 11.6 Å². The van der Waals surface area contributed by atoms with Crippen molar-refractivity contribution in [2.24, 2.45) is 22.7 Å². The number of carbonyl (C=O) groups excluding carboxylic acids is 2. The summed E-state index contributed by atoms with van der Waals surface area (Å²) in [5.74, 6) is -0.231. The molecule has 7 nitrogen and oxygen atoms in total. The third kappa shape index (κ3) is 4.68. The average molecular weight is 467 g/mol. The van der Waals surface area contributed by atoms with Crippen LogP contribution in [0, 0.1) is 22.7 Å². The lowest BCUT2D eigenvalue weighted by Gasteiger charge is -2.64. The summed E-state index contributed by atoms with van der Waals surface area (Å²) in [6.07, 6.45) is 3.64. The number of fused-ring (bicyclic) bond motifs is 3. The summed E-state index contributed by atoms with van der Waals surface area (Å²) in [5.41, 5.74) is -0.498. The molecule has 2 saturated carbocycles. The molecule has 3 rings (SSSR count). The van der Waals surface area contributed by atoms with Gasteiger partial charge in [-0.2, -0.15) is 0 Å². The van der Waals surface area contributed by atoms with E-state index in [1.54, 1.807) is 13.8 Å². The van der Waals surface area contributed by atoms with Gasteiger partial charge < -0.3 is 23.7 Å². The van der Waals surface area contributed by atoms with Gasteiger partial charge in [-0.05, 0) is 64.7 Å². The average Bonchev–Trinajstić information content (AvgIpc) is 3.08. The Labute approximate surface area is 198 Å². The second-order valence-electron chi connectivity index (χ2n) is 10.9. The molecule has 0 bridgehead atoms. The lowest BCUT2D eigenvalue weighted by Crippen LogP contribution is -2.70. The summed E-state index contributed by atoms with van der Waals surface area (Å²) >= 11 is 0. The zero-order chi connectivity index (χ0) is 24.6. The normalized spacial score (nSPS) is 38.5. The first-order valence-corrected chi connectivity index (χ1v) is 12.4. The molecule has 3 aliphatic rings. The van der Waals surface area contributed by atoms with Crippen LogP contribution in [-0.2, 0) is 28.5 Å². The van der Waals surface area contributed by atoms with E-state index in [9.17, 15) is 9.59 Å². The quantitative estimate of drug-likeness (QED) is 0.269. The summed E-state index contributed by atoms with van der Waals surface area (Å²) in [6, 6.07) is 0. The number of allylic oxidation sites excluding steroid dienone is 1. The van der Waals surface area contributed by atoms with E-state index in [0.29, 0.717) is 25.2 Å². The van der Waals surface area contributed by atoms with Crippen LogP contribution in [0.15, 0.2) is 11.6 Å². The van der Waals surface area contributed by atoms with Crippen LogP contribution >= 0.6 is 0 Å². The number of esters is 1. The number of carbonyl (C=O) groups is 2. The van der Waals surface area contributed by atoms with Gasteiger partial charge in [-0.3, -0.25) is 0 Å². The molecule has 1 saturated heterocycles. The van der Waals surface area contributed by atoms with Crippen LogP contribution in [0.2, 0.25) is 0 Å². The van der Waals surface area contributed by atoms with E-state index in [4.69, 9.17) is 23.7 Å². The first-order chi connectivity index (χ1) is 15.4. The molecule has 0 aromatic carbocycles. The van der Waals surface area contributed by atoms with Crippen molar-refractivity contribution in [3.8, 4) is 0 Å². The van der Waals surface area contributed by atoms with Gasteiger partial charge in [-0.15, -0.1) is 0 Å². The third-order valence-electron chi connectivity index (χ3n) is 8.30. The summed E-state index contributed by atoms with van der Waals surface area (Å²) in [7, 11) is 0. The van der Waals surface area contributed by atoms with Gasteiger partial charge in [-0.1, -0.05) is 33.3 Å². The van der Waals surface area contributed by atoms with E-state index in [1.807, 2.05) is 26.8 Å². The first kappa shape index (κ1) is 26.0. The van der Waals surface area contributed by atoms with E-state index in [2.05, 4.69) is 20.8 Å². The van der Waals surface area contributed by atoms with Crippen molar-refractivity contribution < 1.29 is 33.3 Å². The smallest absolute Gasteiger partial charge is 0.463 e. The Bertz CT molecular complexity index is 775. The number of rotatable bonds is 8. The molecule has 0 aromatic rings. The maximum atomic E-state index is 12.4. The van der Waals surface area contributed by atoms with Crippen LogP contribution in [0.3, 0.4) is 0 Å². The fourth-order valence-electron chi connectivity index (χ4n) is 7.15. The molecule has 1 unspecified atom stereocenters. The van der Waals surface area contributed by atoms with Gasteiger partial charge in [0.15, 0.2) is 12.4 Å². The molecular formula is C26H42O7. The van der Waals surface area contributed by atoms with E-state index in [1.165, 1.54) is 0 Å². The zero-order valence-electron chi connectivity index (χ0n) is 21.6. The molecular weight excluding hydrogens is 424 g/mol. The molecule has 3 fully saturated rings. The molecule has 2 aliphatic carbocycles. The molecule has 188 valence electrons. The molecule has 0 spiro atoms. The maximum Gasteiger partial charge on any atom is 0.509 e. The van der Waals surface area contributed by atoms with Gasteiger partial charge in [-0.25, -0.2) is 9.59 Å². The van der Waals surface area contributed by atoms with Gasteiger partial charge in [0.1, 0.15) is 11.7 Å². The Morgan fingerprint density at radius 1 is 1.15 bits per heavy atom. The molecule has 1 heterocycles. The van der Waals surface area contributed by atoms with Gasteiger partial charge in [0, 0.05) is 24.0 Å². The molecule has 0 N–H and O–H groups in total. The van der Waals surface area contributed by atoms with Crippen molar-refractivity contribution in [1.29, 1.82) is 0 Å². The van der Waals surface area contributed by atoms with Crippen molar-refractivity contribution in [3.63, 3.8) is 0 Å². The SMILES string of the molecule is CCOC(=O)/C(C)=C/C[C@@H]1[C@@]2(C)CCCC(C)(C)[C@@H]2[C@@H]2OC(=O)O[C@@H]2[C@@]1(C)OC(C)OCC. The third-order valence-corrected chi connectivity index (χ3v) is 8.30. The Balaban J connectivity index is 2.09. The number of hydrogen-bond donors (Lipinski definition) is 0. The maximum absolute atomic E-state index is 12.4. The lowest BCUT2D eigenvalue weighted by molar-refractivity contribution is -0.296. The Kier molecular flexibility index (Phi) is 7.54. The van der Waals surface area contributed by atoms with E-state index < -0.39 is 24.2 Å². The highest BCUT2D eigenvalue weighted by atomic mass is 16.8. The first-order valence-electron chi connectivity index (χ1n) is 12.4. The van der Waals surface area contributed by atoms with Crippen LogP contribution in [0.25, 0.3) is 0 Å². The molecule has 0 radical (unpaired) electrons. The minimum Gasteiger partial charge on any atom is -0.463 e. The highest BCUT2D eigenvalue weighted by molar-refractivity contribution is 5.87. The van der Waals surface area contributed by atoms with Crippen LogP contribution < -0.4 is 0 Å². The Morgan fingerprint density at radius 3 is 2.48 bits per heavy atom. The standard InChI is InChI=1S/C26H42O7/c1-9-29-17(4)33-26(8)18(13-12-16(3)22(27)30-10-2)25(7)15-11-14-24(5,6)20(25)19-21(26)32-23(28)31-19/h12,17-21H,9-11,13-15H2,1-8H3/b16-12+/t17?,18-,19+,20+,21+,25-,26+/m1/s1. The van der Waals surface area contributed by atoms with Gasteiger partial charge in [0.25, 0.3) is 0 Å². The number of hydrogen-bond acceptors (Lipinski definition) is 7. The minimum absolute atomic E-state index is 0.0300. The van der Waals surface area contributed by atoms with Crippen molar-refractivity contribution >= 4 is 12.1 Å². The van der Waals surface area contributed by atoms with E-state index >= 15 is 0 Å². The predicted molar refractivity (Wildman–Crippen MR) is 123 cm³/mol. The predicted octanol–water partition coefficient (Wildman–Crippen LogP) is 5.41. The highest BCUT2D eigenvalue weighted by Crippen LogP contribution is 2.65. The largest absolute Gasteiger partial charge is 0.509 e. The van der Waals surface area contributed by atoms with Crippen LogP contribution in [-0.4, -0.2) is 49.4 Å². The molecule has 0 amide bonds. The Morgan fingerprint density at radius 2 is 1.85 bits per heavy atom. The van der Waals surface area contributed by atoms with Crippen molar-refractivity contribution in [1.82, 2.24) is 0 Å². The van der Waals surface area contributed by atoms with E-state index in [-0.39, 0.29) is 34.7 Å². The van der Waals surface area contributed by atoms with Crippen LogP contribution in [0.4, 0.5) is 4.79 Å². The fourth-order valence-corrected chi connectivity index (χ4v) is 7.15. The topological polar surface area (TPSA) is 80.3 Å². The highest BCUT2D eigenvalue weighted by Gasteiger charge is 2.70. The minimum atomic E-state index is -0.852. The second-order valence-corrected chi connectivity index (χ2v) is 10.9. The van der Waals surface area contributed by atoms with Crippen molar-refractivity contribution in [2.75, 3.05) is 13.2 Å². The molecule has 0 aromatic heterocycles. The molecule has 33 heavy (non-hydrogen) atoms. The number of ether oxygens (including phenoxy) is 5. The van der Waals surface area contributed by atoms with E-state index in [0.717, 1.165) is 19.3 Å². The second kappa shape index (κ2) is 9.57. The lowest BCUT2D eigenvalue weighted by atomic mass is 9.43. The Hall–Kier alpha value is -1.60. The van der Waals surface area contributed by atoms with Crippen molar-refractivity contribution in [2.45, 2.75) is 105 Å². The zero-order valence-corrected chi connectivity index (χ0v) is 21.6. The van der Waals surface area contributed by atoms with Gasteiger partial charge in [0.2, 0.25) is 0 Å². The summed E-state index contributed by atoms with van der Waals surface area (Å²) < 4.78 is 29.2. The summed E-state index contributed by atoms with van der Waals surface area (Å²) in [4.78, 5) is 24.7. The molecule has 1 aliphatic heterocycles. The molecule has 7 heteroatoms. The monoisotopic (exact) mass is 466 g/mol. The van der Waals surface area contributed by atoms with Gasteiger partial charge >= 0.3 is 12.1 Å². The van der Waals surface area contributed by atoms with Gasteiger partial charge in [0.05, 0.1) is 6.61 Å².